The number of aromatic hydroxyl groups is 1. The lowest BCUT2D eigenvalue weighted by Crippen LogP contribution is -2.13. The molecule has 9 nitrogen and oxygen atoms in total. The van der Waals surface area contributed by atoms with Crippen molar-refractivity contribution < 1.29 is 18.4 Å². The first-order chi connectivity index (χ1) is 14.3. The minimum Gasteiger partial charge on any atom is -0.508 e. The first-order valence-corrected chi connectivity index (χ1v) is 10.2. The van der Waals surface area contributed by atoms with Crippen LogP contribution < -0.4 is 10.1 Å². The van der Waals surface area contributed by atoms with Crippen LogP contribution in [0.15, 0.2) is 82.8 Å². The van der Waals surface area contributed by atoms with E-state index in [1.165, 1.54) is 24.3 Å². The number of nitrogens with one attached hydrogen (secondary N) is 2. The number of nitro groups is 1. The number of anilines is 2. The van der Waals surface area contributed by atoms with Crippen LogP contribution in [-0.2, 0) is 10.0 Å². The highest BCUT2D eigenvalue weighted by molar-refractivity contribution is 7.92. The Hall–Kier alpha value is -3.92. The minimum atomic E-state index is -4.01. The lowest BCUT2D eigenvalue weighted by Gasteiger charge is -2.10. The van der Waals surface area contributed by atoms with E-state index in [0.29, 0.717) is 17.0 Å². The van der Waals surface area contributed by atoms with Gasteiger partial charge in [0.15, 0.2) is 0 Å². The van der Waals surface area contributed by atoms with Crippen LogP contribution >= 0.6 is 0 Å². The summed E-state index contributed by atoms with van der Waals surface area (Å²) in [5.41, 5.74) is 3.77. The van der Waals surface area contributed by atoms with Crippen LogP contribution in [0.1, 0.15) is 12.5 Å². The van der Waals surface area contributed by atoms with Crippen molar-refractivity contribution in [2.45, 2.75) is 11.8 Å². The molecule has 3 aromatic rings. The van der Waals surface area contributed by atoms with Gasteiger partial charge in [-0.25, -0.2) is 8.42 Å². The Labute approximate surface area is 172 Å². The summed E-state index contributed by atoms with van der Waals surface area (Å²) in [5.74, 6) is 0.107. The molecule has 0 aliphatic rings. The van der Waals surface area contributed by atoms with Gasteiger partial charge in [0.25, 0.3) is 15.7 Å². The Kier molecular flexibility index (Phi) is 5.98. The average Bonchev–Trinajstić information content (AvgIpc) is 2.72. The molecule has 0 amide bonds. The maximum absolute atomic E-state index is 12.6. The van der Waals surface area contributed by atoms with E-state index in [1.54, 1.807) is 49.4 Å². The fraction of sp³-hybridized carbons (Fsp3) is 0.0500. The molecule has 0 atom stereocenters. The van der Waals surface area contributed by atoms with Crippen molar-refractivity contribution in [3.05, 3.63) is 88.5 Å². The second kappa shape index (κ2) is 8.62. The second-order valence-corrected chi connectivity index (χ2v) is 7.95. The van der Waals surface area contributed by atoms with E-state index < -0.39 is 20.6 Å². The molecule has 0 heterocycles. The molecule has 0 spiro atoms. The van der Waals surface area contributed by atoms with Gasteiger partial charge in [-0.05, 0) is 61.0 Å². The van der Waals surface area contributed by atoms with Crippen molar-refractivity contribution in [1.82, 2.24) is 0 Å². The summed E-state index contributed by atoms with van der Waals surface area (Å²) in [7, 11) is -4.01. The van der Waals surface area contributed by atoms with E-state index in [0.717, 1.165) is 6.07 Å². The number of hydrazone groups is 1. The number of sulfonamides is 1. The van der Waals surface area contributed by atoms with Crippen LogP contribution in [0, 0.1) is 10.1 Å². The van der Waals surface area contributed by atoms with Crippen molar-refractivity contribution >= 4 is 32.8 Å². The van der Waals surface area contributed by atoms with Crippen molar-refractivity contribution in [3.63, 3.8) is 0 Å². The Morgan fingerprint density at radius 3 is 2.33 bits per heavy atom. The molecule has 0 fully saturated rings. The number of phenols is 1. The van der Waals surface area contributed by atoms with Crippen molar-refractivity contribution in [2.24, 2.45) is 5.10 Å². The number of hydrogen-bond acceptors (Lipinski definition) is 7. The molecule has 0 aromatic heterocycles. The van der Waals surface area contributed by atoms with Gasteiger partial charge >= 0.3 is 0 Å². The number of hydrogen-bond donors (Lipinski definition) is 3. The van der Waals surface area contributed by atoms with Crippen LogP contribution in [0.4, 0.5) is 17.1 Å². The Morgan fingerprint density at radius 1 is 1.03 bits per heavy atom. The summed E-state index contributed by atoms with van der Waals surface area (Å²) in [4.78, 5) is 10.6. The van der Waals surface area contributed by atoms with Gasteiger partial charge < -0.3 is 5.11 Å². The Morgan fingerprint density at radius 2 is 1.70 bits per heavy atom. The lowest BCUT2D eigenvalue weighted by atomic mass is 10.1. The minimum absolute atomic E-state index is 0.0387. The van der Waals surface area contributed by atoms with E-state index in [1.807, 2.05) is 0 Å². The van der Waals surface area contributed by atoms with Gasteiger partial charge in [0.05, 0.1) is 15.5 Å². The predicted octanol–water partition coefficient (Wildman–Crippen LogP) is 3.94. The zero-order chi connectivity index (χ0) is 21.7. The molecular formula is C20H18N4O5S. The molecule has 0 unspecified atom stereocenters. The summed E-state index contributed by atoms with van der Waals surface area (Å²) in [6.45, 7) is 1.69. The van der Waals surface area contributed by atoms with Gasteiger partial charge in [0.2, 0.25) is 0 Å². The van der Waals surface area contributed by atoms with E-state index in [2.05, 4.69) is 15.2 Å². The zero-order valence-corrected chi connectivity index (χ0v) is 16.6. The quantitative estimate of drug-likeness (QED) is 0.298. The standard InChI is InChI=1S/C20H18N4O5S/c1-14(15-7-9-17(25)10-8-15)21-22-19-12-11-18(13-20(19)24(26)27)30(28,29)23-16-5-3-2-4-6-16/h2-13,22-23,25H,1H3/b21-14+. The molecule has 0 bridgehead atoms. The molecule has 3 rings (SSSR count). The molecular weight excluding hydrogens is 408 g/mol. The van der Waals surface area contributed by atoms with Crippen LogP contribution in [0.3, 0.4) is 0 Å². The molecule has 0 saturated carbocycles. The molecule has 10 heteroatoms. The van der Waals surface area contributed by atoms with Crippen molar-refractivity contribution in [2.75, 3.05) is 10.1 Å². The van der Waals surface area contributed by atoms with E-state index in [4.69, 9.17) is 0 Å². The average molecular weight is 426 g/mol. The molecule has 0 aliphatic heterocycles. The number of rotatable bonds is 7. The maximum atomic E-state index is 12.6. The summed E-state index contributed by atoms with van der Waals surface area (Å²) < 4.78 is 27.5. The third kappa shape index (κ3) is 4.92. The predicted molar refractivity (Wildman–Crippen MR) is 114 cm³/mol. The molecule has 30 heavy (non-hydrogen) atoms. The van der Waals surface area contributed by atoms with E-state index in [9.17, 15) is 23.6 Å². The van der Waals surface area contributed by atoms with Gasteiger partial charge in [-0.15, -0.1) is 0 Å². The monoisotopic (exact) mass is 426 g/mol. The van der Waals surface area contributed by atoms with E-state index in [-0.39, 0.29) is 16.3 Å². The van der Waals surface area contributed by atoms with Crippen LogP contribution in [-0.4, -0.2) is 24.2 Å². The van der Waals surface area contributed by atoms with Crippen LogP contribution in [0.5, 0.6) is 5.75 Å². The molecule has 0 aliphatic carbocycles. The third-order valence-electron chi connectivity index (χ3n) is 4.13. The fourth-order valence-corrected chi connectivity index (χ4v) is 3.63. The molecule has 0 saturated heterocycles. The fourth-order valence-electron chi connectivity index (χ4n) is 2.56. The van der Waals surface area contributed by atoms with Gasteiger partial charge in [-0.3, -0.25) is 20.3 Å². The normalized spacial score (nSPS) is 11.7. The summed E-state index contributed by atoms with van der Waals surface area (Å²) in [5, 5.41) is 24.9. The Balaban J connectivity index is 1.87. The highest BCUT2D eigenvalue weighted by Crippen LogP contribution is 2.28. The summed E-state index contributed by atoms with van der Waals surface area (Å²) in [6.07, 6.45) is 0. The van der Waals surface area contributed by atoms with Gasteiger partial charge in [0, 0.05) is 11.8 Å². The van der Waals surface area contributed by atoms with Gasteiger partial charge in [0.1, 0.15) is 11.4 Å². The summed E-state index contributed by atoms with van der Waals surface area (Å²) in [6, 6.07) is 18.0. The van der Waals surface area contributed by atoms with Gasteiger partial charge in [-0.2, -0.15) is 5.10 Å². The van der Waals surface area contributed by atoms with Crippen molar-refractivity contribution in [3.8, 4) is 5.75 Å². The highest BCUT2D eigenvalue weighted by Gasteiger charge is 2.21. The maximum Gasteiger partial charge on any atom is 0.295 e. The molecule has 3 N–H and O–H groups in total. The first kappa shape index (κ1) is 20.8. The number of phenolic OH excluding ortho intramolecular Hbond substituents is 1. The summed E-state index contributed by atoms with van der Waals surface area (Å²) >= 11 is 0. The van der Waals surface area contributed by atoms with Crippen molar-refractivity contribution in [1.29, 1.82) is 0 Å². The van der Waals surface area contributed by atoms with E-state index >= 15 is 0 Å². The SMILES string of the molecule is C/C(=N\Nc1ccc(S(=O)(=O)Nc2ccccc2)cc1[N+](=O)[O-])c1ccc(O)cc1. The van der Waals surface area contributed by atoms with Crippen LogP contribution in [0.2, 0.25) is 0 Å². The van der Waals surface area contributed by atoms with Gasteiger partial charge in [-0.1, -0.05) is 18.2 Å². The third-order valence-corrected chi connectivity index (χ3v) is 5.51. The smallest absolute Gasteiger partial charge is 0.295 e. The Bertz CT molecular complexity index is 1190. The first-order valence-electron chi connectivity index (χ1n) is 8.72. The zero-order valence-electron chi connectivity index (χ0n) is 15.8. The second-order valence-electron chi connectivity index (χ2n) is 6.26. The topological polar surface area (TPSA) is 134 Å². The number of nitro benzene ring substituents is 1. The highest BCUT2D eigenvalue weighted by atomic mass is 32.2. The number of nitrogens with zero attached hydrogens (tertiary/aromatic N) is 2. The molecule has 0 radical (unpaired) electrons. The lowest BCUT2D eigenvalue weighted by molar-refractivity contribution is -0.384. The number of para-hydroxylation sites is 1. The largest absolute Gasteiger partial charge is 0.508 e. The number of benzene rings is 3. The molecule has 154 valence electrons. The molecule has 3 aromatic carbocycles. The van der Waals surface area contributed by atoms with Crippen LogP contribution in [0.25, 0.3) is 0 Å².